The molecule has 1 amide bonds. The Labute approximate surface area is 169 Å². The molecule has 0 saturated carbocycles. The van der Waals surface area contributed by atoms with Gasteiger partial charge in [-0.2, -0.15) is 0 Å². The van der Waals surface area contributed by atoms with E-state index in [9.17, 15) is 4.79 Å². The number of thiophene rings is 1. The van der Waals surface area contributed by atoms with Crippen LogP contribution in [0.1, 0.15) is 51.6 Å². The number of methoxy groups -OCH3 is 1. The molecule has 0 fully saturated rings. The third-order valence-electron chi connectivity index (χ3n) is 5.49. The third kappa shape index (κ3) is 3.56. The summed E-state index contributed by atoms with van der Waals surface area (Å²) in [5.74, 6) is 2.25. The maximum atomic E-state index is 13.2. The average molecular weight is 396 g/mol. The molecule has 3 aromatic rings. The van der Waals surface area contributed by atoms with E-state index in [0.717, 1.165) is 42.0 Å². The van der Waals surface area contributed by atoms with E-state index in [1.54, 1.807) is 24.6 Å². The second kappa shape index (κ2) is 7.80. The van der Waals surface area contributed by atoms with Crippen molar-refractivity contribution in [1.82, 2.24) is 14.9 Å². The summed E-state index contributed by atoms with van der Waals surface area (Å²) >= 11 is 1.71. The molecule has 1 N–H and O–H groups in total. The Morgan fingerprint density at radius 1 is 1.36 bits per heavy atom. The fraction of sp³-hybridized carbons (Fsp3) is 0.364. The van der Waals surface area contributed by atoms with Crippen LogP contribution in [0.2, 0.25) is 0 Å². The van der Waals surface area contributed by atoms with Gasteiger partial charge < -0.3 is 14.6 Å². The van der Waals surface area contributed by atoms with E-state index in [2.05, 4.69) is 17.2 Å². The number of aryl methyl sites for hydroxylation is 1. The molecular formula is C22H25N3O2S. The monoisotopic (exact) mass is 395 g/mol. The van der Waals surface area contributed by atoms with Gasteiger partial charge in [-0.15, -0.1) is 11.3 Å². The number of amides is 1. The van der Waals surface area contributed by atoms with Crippen LogP contribution in [0.4, 0.5) is 0 Å². The molecule has 5 nitrogen and oxygen atoms in total. The topological polar surface area (TPSA) is 56.1 Å². The van der Waals surface area contributed by atoms with Crippen molar-refractivity contribution < 1.29 is 9.53 Å². The zero-order valence-corrected chi connectivity index (χ0v) is 17.3. The lowest BCUT2D eigenvalue weighted by Crippen LogP contribution is -2.31. The first-order chi connectivity index (χ1) is 13.6. The highest BCUT2D eigenvalue weighted by atomic mass is 32.1. The van der Waals surface area contributed by atoms with Gasteiger partial charge in [-0.1, -0.05) is 19.1 Å². The molecule has 0 bridgehead atoms. The minimum atomic E-state index is -0.323. The maximum absolute atomic E-state index is 13.2. The quantitative estimate of drug-likeness (QED) is 0.707. The second-order valence-electron chi connectivity index (χ2n) is 7.48. The van der Waals surface area contributed by atoms with Gasteiger partial charge in [-0.3, -0.25) is 4.79 Å². The Bertz CT molecular complexity index is 974. The Hall–Kier alpha value is -2.60. The lowest BCUT2D eigenvalue weighted by molar-refractivity contribution is 0.0940. The first kappa shape index (κ1) is 18.7. The molecule has 4 rings (SSSR count). The van der Waals surface area contributed by atoms with Gasteiger partial charge in [-0.05, 0) is 48.4 Å². The van der Waals surface area contributed by atoms with Crippen molar-refractivity contribution in [3.8, 4) is 5.75 Å². The number of carbonyl (C=O) groups is 1. The molecule has 0 spiro atoms. The summed E-state index contributed by atoms with van der Waals surface area (Å²) in [6.45, 7) is 2.28. The minimum absolute atomic E-state index is 0.0316. The Kier molecular flexibility index (Phi) is 5.22. The molecule has 2 heterocycles. The molecule has 2 unspecified atom stereocenters. The van der Waals surface area contributed by atoms with Crippen molar-refractivity contribution in [2.24, 2.45) is 13.0 Å². The van der Waals surface area contributed by atoms with Crippen molar-refractivity contribution >= 4 is 17.2 Å². The molecule has 146 valence electrons. The summed E-state index contributed by atoms with van der Waals surface area (Å²) in [5, 5.41) is 5.24. The van der Waals surface area contributed by atoms with E-state index < -0.39 is 0 Å². The molecule has 1 aliphatic rings. The van der Waals surface area contributed by atoms with Crippen LogP contribution in [0.5, 0.6) is 5.75 Å². The van der Waals surface area contributed by atoms with Gasteiger partial charge in [-0.25, -0.2) is 4.98 Å². The van der Waals surface area contributed by atoms with Gasteiger partial charge in [0.2, 0.25) is 0 Å². The molecular weight excluding hydrogens is 370 g/mol. The number of imidazole rings is 1. The number of ether oxygens (including phenoxy) is 1. The van der Waals surface area contributed by atoms with Crippen LogP contribution in [0, 0.1) is 5.92 Å². The predicted octanol–water partition coefficient (Wildman–Crippen LogP) is 4.13. The molecule has 0 aliphatic heterocycles. The largest absolute Gasteiger partial charge is 0.497 e. The zero-order valence-electron chi connectivity index (χ0n) is 16.4. The van der Waals surface area contributed by atoms with Gasteiger partial charge in [0.1, 0.15) is 17.6 Å². The summed E-state index contributed by atoms with van der Waals surface area (Å²) in [7, 11) is 3.59. The number of nitrogens with one attached hydrogen (secondary N) is 1. The van der Waals surface area contributed by atoms with Crippen molar-refractivity contribution in [2.45, 2.75) is 32.2 Å². The van der Waals surface area contributed by atoms with Gasteiger partial charge in [0.05, 0.1) is 12.7 Å². The minimum Gasteiger partial charge on any atom is -0.497 e. The van der Waals surface area contributed by atoms with E-state index in [1.807, 2.05) is 47.5 Å². The highest BCUT2D eigenvalue weighted by molar-refractivity contribution is 7.10. The number of hydrogen-bond donors (Lipinski definition) is 1. The number of carbonyl (C=O) groups excluding carboxylic acids is 1. The summed E-state index contributed by atoms with van der Waals surface area (Å²) in [5.41, 5.74) is 3.02. The third-order valence-corrected chi connectivity index (χ3v) is 6.54. The van der Waals surface area contributed by atoms with E-state index in [1.165, 1.54) is 10.4 Å². The van der Waals surface area contributed by atoms with Gasteiger partial charge in [0, 0.05) is 29.7 Å². The molecule has 2 atom stereocenters. The Balaban J connectivity index is 1.64. The van der Waals surface area contributed by atoms with Crippen LogP contribution in [0.25, 0.3) is 0 Å². The van der Waals surface area contributed by atoms with Crippen LogP contribution in [0.3, 0.4) is 0 Å². The lowest BCUT2D eigenvalue weighted by Gasteiger charge is -2.21. The van der Waals surface area contributed by atoms with E-state index >= 15 is 0 Å². The fourth-order valence-corrected chi connectivity index (χ4v) is 5.07. The Morgan fingerprint density at radius 3 is 2.82 bits per heavy atom. The summed E-state index contributed by atoms with van der Waals surface area (Å²) < 4.78 is 7.21. The number of fused-ring (bicyclic) bond motifs is 1. The maximum Gasteiger partial charge on any atom is 0.253 e. The Morgan fingerprint density at radius 2 is 2.14 bits per heavy atom. The number of benzene rings is 1. The lowest BCUT2D eigenvalue weighted by atomic mass is 9.88. The van der Waals surface area contributed by atoms with Crippen LogP contribution >= 0.6 is 11.3 Å². The number of nitrogens with zero attached hydrogens (tertiary/aromatic N) is 2. The van der Waals surface area contributed by atoms with Crippen LogP contribution in [0.15, 0.2) is 42.0 Å². The first-order valence-electron chi connectivity index (χ1n) is 9.58. The molecule has 2 aromatic heterocycles. The molecule has 0 saturated heterocycles. The van der Waals surface area contributed by atoms with E-state index in [0.29, 0.717) is 5.92 Å². The SMILES string of the molecule is COc1ccc(C(NC(=O)c2csc3c2CCC(C)C3)c2nccn2C)cc1. The van der Waals surface area contributed by atoms with Crippen molar-refractivity contribution in [1.29, 1.82) is 0 Å². The fourth-order valence-electron chi connectivity index (χ4n) is 3.83. The van der Waals surface area contributed by atoms with E-state index in [4.69, 9.17) is 4.74 Å². The van der Waals surface area contributed by atoms with Crippen LogP contribution in [-0.2, 0) is 19.9 Å². The number of aromatic nitrogens is 2. The van der Waals surface area contributed by atoms with E-state index in [-0.39, 0.29) is 11.9 Å². The highest BCUT2D eigenvalue weighted by Crippen LogP contribution is 2.33. The first-order valence-corrected chi connectivity index (χ1v) is 10.5. The summed E-state index contributed by atoms with van der Waals surface area (Å²) in [6, 6.07) is 7.44. The molecule has 1 aliphatic carbocycles. The van der Waals surface area contributed by atoms with Crippen molar-refractivity contribution in [3.63, 3.8) is 0 Å². The smallest absolute Gasteiger partial charge is 0.253 e. The van der Waals surface area contributed by atoms with Crippen molar-refractivity contribution in [2.75, 3.05) is 7.11 Å². The normalized spacial score (nSPS) is 17.0. The van der Waals surface area contributed by atoms with Crippen LogP contribution < -0.4 is 10.1 Å². The van der Waals surface area contributed by atoms with Gasteiger partial charge >= 0.3 is 0 Å². The zero-order chi connectivity index (χ0) is 19.7. The van der Waals surface area contributed by atoms with Gasteiger partial charge in [0.25, 0.3) is 5.91 Å². The van der Waals surface area contributed by atoms with Crippen LogP contribution in [-0.4, -0.2) is 22.6 Å². The standard InChI is InChI=1S/C22H25N3O2S/c1-14-4-9-17-18(13-28-19(17)12-14)22(26)24-20(21-23-10-11-25(21)2)15-5-7-16(27-3)8-6-15/h5-8,10-11,13-14,20H,4,9,12H2,1-3H3,(H,24,26). The second-order valence-corrected chi connectivity index (χ2v) is 8.44. The molecule has 0 radical (unpaired) electrons. The van der Waals surface area contributed by atoms with Gasteiger partial charge in [0.15, 0.2) is 0 Å². The number of rotatable bonds is 5. The predicted molar refractivity (Wildman–Crippen MR) is 111 cm³/mol. The highest BCUT2D eigenvalue weighted by Gasteiger charge is 2.26. The summed E-state index contributed by atoms with van der Waals surface area (Å²) in [6.07, 6.45) is 6.86. The average Bonchev–Trinajstić information content (AvgIpc) is 3.32. The molecule has 28 heavy (non-hydrogen) atoms. The van der Waals surface area contributed by atoms with Crippen molar-refractivity contribution in [3.05, 3.63) is 69.4 Å². The molecule has 6 heteroatoms. The summed E-state index contributed by atoms with van der Waals surface area (Å²) in [4.78, 5) is 19.1. The number of hydrogen-bond acceptors (Lipinski definition) is 4. The molecule has 1 aromatic carbocycles.